The molecule has 10 heteroatoms. The molecule has 4 rings (SSSR count). The summed E-state index contributed by atoms with van der Waals surface area (Å²) in [4.78, 5) is 12.6. The second kappa shape index (κ2) is 8.14. The zero-order valence-electron chi connectivity index (χ0n) is 16.3. The number of carbonyl (C=O) groups excluding carboxylic acids is 1. The molecule has 6 nitrogen and oxygen atoms in total. The lowest BCUT2D eigenvalue weighted by atomic mass is 9.97. The fourth-order valence-electron chi connectivity index (χ4n) is 3.47. The molecular formula is C21H18ClF3N4O2. The number of aromatic nitrogens is 2. The van der Waals surface area contributed by atoms with Gasteiger partial charge in [0.1, 0.15) is 11.6 Å². The Hall–Kier alpha value is -3.20. The molecule has 0 saturated carbocycles. The number of carbonyl (C=O) groups is 1. The molecule has 1 aromatic heterocycles. The van der Waals surface area contributed by atoms with E-state index in [2.05, 4.69) is 15.7 Å². The van der Waals surface area contributed by atoms with Crippen molar-refractivity contribution in [3.05, 3.63) is 70.9 Å². The van der Waals surface area contributed by atoms with Crippen LogP contribution in [0.25, 0.3) is 0 Å². The summed E-state index contributed by atoms with van der Waals surface area (Å²) in [5.74, 6) is 0.113. The molecule has 31 heavy (non-hydrogen) atoms. The molecule has 2 aromatic carbocycles. The van der Waals surface area contributed by atoms with E-state index in [0.29, 0.717) is 22.0 Å². The molecule has 1 aliphatic rings. The van der Waals surface area contributed by atoms with Crippen molar-refractivity contribution in [2.75, 3.05) is 17.7 Å². The first-order chi connectivity index (χ1) is 14.7. The van der Waals surface area contributed by atoms with E-state index in [1.807, 2.05) is 0 Å². The van der Waals surface area contributed by atoms with Crippen molar-refractivity contribution in [3.8, 4) is 5.75 Å². The van der Waals surface area contributed by atoms with E-state index in [4.69, 9.17) is 16.3 Å². The monoisotopic (exact) mass is 450 g/mol. The highest BCUT2D eigenvalue weighted by molar-refractivity contribution is 6.30. The summed E-state index contributed by atoms with van der Waals surface area (Å²) in [5, 5.41) is 10.1. The molecule has 0 unspecified atom stereocenters. The van der Waals surface area contributed by atoms with Crippen LogP contribution in [0.4, 0.5) is 24.7 Å². The summed E-state index contributed by atoms with van der Waals surface area (Å²) in [6.45, 7) is 0. The van der Waals surface area contributed by atoms with Gasteiger partial charge in [0.15, 0.2) is 11.7 Å². The van der Waals surface area contributed by atoms with E-state index in [1.54, 1.807) is 48.5 Å². The Labute approximate surface area is 181 Å². The topological polar surface area (TPSA) is 68.2 Å². The minimum absolute atomic E-state index is 0.121. The molecule has 162 valence electrons. The number of anilines is 2. The van der Waals surface area contributed by atoms with E-state index >= 15 is 0 Å². The predicted molar refractivity (Wildman–Crippen MR) is 111 cm³/mol. The van der Waals surface area contributed by atoms with Crippen LogP contribution in [-0.4, -0.2) is 29.0 Å². The van der Waals surface area contributed by atoms with Gasteiger partial charge in [-0.05, 0) is 42.0 Å². The molecule has 0 radical (unpaired) electrons. The smallest absolute Gasteiger partial charge is 0.410 e. The van der Waals surface area contributed by atoms with Gasteiger partial charge in [-0.2, -0.15) is 18.3 Å². The van der Waals surface area contributed by atoms with Crippen LogP contribution < -0.4 is 15.4 Å². The van der Waals surface area contributed by atoms with Gasteiger partial charge in [0, 0.05) is 23.2 Å². The number of amides is 1. The maximum atomic E-state index is 13.8. The number of nitrogens with one attached hydrogen (secondary N) is 2. The van der Waals surface area contributed by atoms with Crippen molar-refractivity contribution in [2.45, 2.75) is 24.7 Å². The Balaban J connectivity index is 1.62. The molecule has 0 saturated heterocycles. The van der Waals surface area contributed by atoms with Gasteiger partial charge in [-0.3, -0.25) is 4.79 Å². The number of halogens is 4. The highest BCUT2D eigenvalue weighted by Crippen LogP contribution is 2.43. The maximum absolute atomic E-state index is 13.8. The standard InChI is InChI=1S/C21H18ClF3N4O2/c1-31-15-8-2-12(3-9-15)16-10-18(21(23,24)25)29-19(27-16)11-17(28-29)20(30)26-14-6-4-13(22)5-7-14/h2-9,11,16,18,27H,10H2,1H3,(H,26,30)/t16-,18+/m1/s1. The van der Waals surface area contributed by atoms with Crippen LogP contribution in [0.2, 0.25) is 5.02 Å². The molecule has 3 aromatic rings. The number of methoxy groups -OCH3 is 1. The summed E-state index contributed by atoms with van der Waals surface area (Å²) >= 11 is 5.82. The molecule has 1 amide bonds. The van der Waals surface area contributed by atoms with Crippen LogP contribution in [0.1, 0.15) is 34.6 Å². The third kappa shape index (κ3) is 4.46. The quantitative estimate of drug-likeness (QED) is 0.554. The molecule has 1 aliphatic heterocycles. The largest absolute Gasteiger partial charge is 0.497 e. The third-order valence-corrected chi connectivity index (χ3v) is 5.29. The third-order valence-electron chi connectivity index (χ3n) is 5.04. The minimum Gasteiger partial charge on any atom is -0.497 e. The SMILES string of the molecule is COc1ccc([C@H]2C[C@@H](C(F)(F)F)n3nc(C(=O)Nc4ccc(Cl)cc4)cc3N2)cc1. The number of hydrogen-bond acceptors (Lipinski definition) is 4. The molecular weight excluding hydrogens is 433 g/mol. The number of rotatable bonds is 4. The fourth-order valence-corrected chi connectivity index (χ4v) is 3.59. The summed E-state index contributed by atoms with van der Waals surface area (Å²) < 4.78 is 47.3. The molecule has 0 aliphatic carbocycles. The predicted octanol–water partition coefficient (Wildman–Crippen LogP) is 5.46. The van der Waals surface area contributed by atoms with Gasteiger partial charge in [-0.1, -0.05) is 23.7 Å². The number of alkyl halides is 3. The van der Waals surface area contributed by atoms with E-state index in [-0.39, 0.29) is 17.9 Å². The van der Waals surface area contributed by atoms with Crippen molar-refractivity contribution in [1.29, 1.82) is 0 Å². The van der Waals surface area contributed by atoms with Gasteiger partial charge in [0.2, 0.25) is 0 Å². The lowest BCUT2D eigenvalue weighted by molar-refractivity contribution is -0.173. The summed E-state index contributed by atoms with van der Waals surface area (Å²) in [5.41, 5.74) is 1.01. The van der Waals surface area contributed by atoms with Crippen LogP contribution in [0.5, 0.6) is 5.75 Å². The molecule has 2 atom stereocenters. The van der Waals surface area contributed by atoms with E-state index in [9.17, 15) is 18.0 Å². The fraction of sp³-hybridized carbons (Fsp3) is 0.238. The Morgan fingerprint density at radius 3 is 2.48 bits per heavy atom. The number of nitrogens with zero attached hydrogens (tertiary/aromatic N) is 2. The molecule has 0 bridgehead atoms. The Morgan fingerprint density at radius 2 is 1.87 bits per heavy atom. The van der Waals surface area contributed by atoms with Gasteiger partial charge in [0.05, 0.1) is 13.2 Å². The van der Waals surface area contributed by atoms with E-state index in [1.165, 1.54) is 13.2 Å². The first-order valence-corrected chi connectivity index (χ1v) is 9.76. The molecule has 0 spiro atoms. The molecule has 0 fully saturated rings. The van der Waals surface area contributed by atoms with Crippen LogP contribution in [0.3, 0.4) is 0 Å². The van der Waals surface area contributed by atoms with E-state index < -0.39 is 24.2 Å². The molecule has 2 N–H and O–H groups in total. The van der Waals surface area contributed by atoms with Gasteiger partial charge < -0.3 is 15.4 Å². The maximum Gasteiger partial charge on any atom is 0.410 e. The Bertz CT molecular complexity index is 1080. The molecule has 2 heterocycles. The summed E-state index contributed by atoms with van der Waals surface area (Å²) in [7, 11) is 1.52. The number of fused-ring (bicyclic) bond motifs is 1. The average Bonchev–Trinajstić information content (AvgIpc) is 3.18. The van der Waals surface area contributed by atoms with E-state index in [0.717, 1.165) is 4.68 Å². The van der Waals surface area contributed by atoms with Gasteiger partial charge in [-0.25, -0.2) is 4.68 Å². The zero-order valence-corrected chi connectivity index (χ0v) is 17.0. The Kier molecular flexibility index (Phi) is 5.53. The average molecular weight is 451 g/mol. The van der Waals surface area contributed by atoms with Crippen molar-refractivity contribution in [1.82, 2.24) is 9.78 Å². The number of ether oxygens (including phenoxy) is 1. The van der Waals surface area contributed by atoms with Gasteiger partial charge >= 0.3 is 6.18 Å². The van der Waals surface area contributed by atoms with Crippen LogP contribution in [0, 0.1) is 0 Å². The highest BCUT2D eigenvalue weighted by Gasteiger charge is 2.46. The van der Waals surface area contributed by atoms with Gasteiger partial charge in [-0.15, -0.1) is 0 Å². The summed E-state index contributed by atoms with van der Waals surface area (Å²) in [6.07, 6.45) is -4.79. The first-order valence-electron chi connectivity index (χ1n) is 9.38. The number of hydrogen-bond donors (Lipinski definition) is 2. The highest BCUT2D eigenvalue weighted by atomic mass is 35.5. The zero-order chi connectivity index (χ0) is 22.2. The lowest BCUT2D eigenvalue weighted by Crippen LogP contribution is -2.35. The van der Waals surface area contributed by atoms with Crippen molar-refractivity contribution >= 4 is 29.0 Å². The van der Waals surface area contributed by atoms with Gasteiger partial charge in [0.25, 0.3) is 5.91 Å². The first kappa shape index (κ1) is 21.0. The van der Waals surface area contributed by atoms with Crippen molar-refractivity contribution in [3.63, 3.8) is 0 Å². The minimum atomic E-state index is -4.53. The second-order valence-corrected chi connectivity index (χ2v) is 7.52. The lowest BCUT2D eigenvalue weighted by Gasteiger charge is -2.33. The van der Waals surface area contributed by atoms with Crippen LogP contribution >= 0.6 is 11.6 Å². The van der Waals surface area contributed by atoms with Crippen LogP contribution in [0.15, 0.2) is 54.6 Å². The van der Waals surface area contributed by atoms with Crippen molar-refractivity contribution < 1.29 is 22.7 Å². The summed E-state index contributed by atoms with van der Waals surface area (Å²) in [6, 6.07) is 12.0. The number of benzene rings is 2. The van der Waals surface area contributed by atoms with Crippen LogP contribution in [-0.2, 0) is 0 Å². The Morgan fingerprint density at radius 1 is 1.19 bits per heavy atom. The second-order valence-electron chi connectivity index (χ2n) is 7.08. The normalized spacial score (nSPS) is 18.1. The van der Waals surface area contributed by atoms with Crippen molar-refractivity contribution in [2.24, 2.45) is 0 Å².